The van der Waals surface area contributed by atoms with Crippen LogP contribution in [0.3, 0.4) is 0 Å². The van der Waals surface area contributed by atoms with Crippen LogP contribution in [0, 0.1) is 18.8 Å². The minimum atomic E-state index is -4.71. The minimum absolute atomic E-state index is 0.220. The number of nitrogens with zero attached hydrogens (tertiary/aromatic N) is 2. The molecule has 27 heavy (non-hydrogen) atoms. The lowest BCUT2D eigenvalue weighted by Gasteiger charge is -2.19. The van der Waals surface area contributed by atoms with Gasteiger partial charge in [-0.25, -0.2) is 4.79 Å². The number of aryl methyl sites for hydroxylation is 1. The van der Waals surface area contributed by atoms with Gasteiger partial charge in [0.1, 0.15) is 0 Å². The second-order valence-electron chi connectivity index (χ2n) is 6.66. The van der Waals surface area contributed by atoms with Gasteiger partial charge in [-0.2, -0.15) is 13.2 Å². The third-order valence-corrected chi connectivity index (χ3v) is 4.46. The van der Waals surface area contributed by atoms with E-state index in [1.165, 1.54) is 23.1 Å². The van der Waals surface area contributed by atoms with E-state index in [9.17, 15) is 27.6 Å². The van der Waals surface area contributed by atoms with Gasteiger partial charge in [-0.05, 0) is 30.7 Å². The Hall–Kier alpha value is -2.78. The molecule has 3 amide bonds. The van der Waals surface area contributed by atoms with Crippen molar-refractivity contribution in [1.82, 2.24) is 9.80 Å². The first-order valence-corrected chi connectivity index (χ1v) is 8.09. The molecule has 0 saturated carbocycles. The fourth-order valence-electron chi connectivity index (χ4n) is 2.98. The molecule has 2 atom stereocenters. The highest BCUT2D eigenvalue weighted by Crippen LogP contribution is 2.37. The van der Waals surface area contributed by atoms with E-state index in [1.807, 2.05) is 0 Å². The predicted molar refractivity (Wildman–Crippen MR) is 90.5 cm³/mol. The highest BCUT2D eigenvalue weighted by molar-refractivity contribution is 5.97. The molecule has 0 aromatic heterocycles. The third-order valence-electron chi connectivity index (χ3n) is 4.46. The number of carboxylic acid groups (broad SMARTS) is 1. The van der Waals surface area contributed by atoms with E-state index in [-0.39, 0.29) is 5.91 Å². The number of nitrogens with one attached hydrogen (secondary N) is 1. The largest absolute Gasteiger partial charge is 0.481 e. The van der Waals surface area contributed by atoms with E-state index in [2.05, 4.69) is 5.32 Å². The number of benzene rings is 1. The monoisotopic (exact) mass is 387 g/mol. The van der Waals surface area contributed by atoms with Crippen LogP contribution < -0.4 is 5.32 Å². The normalized spacial score (nSPS) is 19.7. The molecule has 10 heteroatoms. The second kappa shape index (κ2) is 7.45. The Morgan fingerprint density at radius 1 is 1.22 bits per heavy atom. The van der Waals surface area contributed by atoms with Gasteiger partial charge in [-0.3, -0.25) is 9.59 Å². The first-order valence-electron chi connectivity index (χ1n) is 8.09. The van der Waals surface area contributed by atoms with Crippen molar-refractivity contribution in [3.63, 3.8) is 0 Å². The van der Waals surface area contributed by atoms with Gasteiger partial charge in [0.2, 0.25) is 0 Å². The Balaban J connectivity index is 2.12. The van der Waals surface area contributed by atoms with Crippen LogP contribution in [-0.2, 0) is 4.79 Å². The van der Waals surface area contributed by atoms with Crippen LogP contribution in [0.5, 0.6) is 0 Å². The van der Waals surface area contributed by atoms with Crippen LogP contribution in [-0.4, -0.2) is 66.2 Å². The fraction of sp³-hybridized carbons (Fsp3) is 0.471. The maximum Gasteiger partial charge on any atom is 0.394 e. The van der Waals surface area contributed by atoms with Crippen LogP contribution in [0.25, 0.3) is 0 Å². The summed E-state index contributed by atoms with van der Waals surface area (Å²) < 4.78 is 39.0. The molecular formula is C17H20F3N3O4. The summed E-state index contributed by atoms with van der Waals surface area (Å²) in [6.07, 6.45) is -4.71. The number of anilines is 1. The van der Waals surface area contributed by atoms with E-state index < -0.39 is 43.1 Å². The van der Waals surface area contributed by atoms with Crippen LogP contribution >= 0.6 is 0 Å². The van der Waals surface area contributed by atoms with Crippen molar-refractivity contribution in [2.75, 3.05) is 32.5 Å². The fourth-order valence-corrected chi connectivity index (χ4v) is 2.98. The molecule has 7 nitrogen and oxygen atoms in total. The summed E-state index contributed by atoms with van der Waals surface area (Å²) in [6, 6.07) is 3.68. The third kappa shape index (κ3) is 4.50. The van der Waals surface area contributed by atoms with Crippen molar-refractivity contribution in [3.8, 4) is 0 Å². The molecule has 0 radical (unpaired) electrons. The van der Waals surface area contributed by atoms with Crippen LogP contribution in [0.1, 0.15) is 15.9 Å². The van der Waals surface area contributed by atoms with Gasteiger partial charge in [-0.15, -0.1) is 0 Å². The van der Waals surface area contributed by atoms with Crippen LogP contribution in [0.2, 0.25) is 0 Å². The van der Waals surface area contributed by atoms with E-state index in [1.54, 1.807) is 21.0 Å². The van der Waals surface area contributed by atoms with Crippen molar-refractivity contribution < 1.29 is 32.7 Å². The Bertz CT molecular complexity index is 764. The topological polar surface area (TPSA) is 90.0 Å². The number of halogens is 3. The summed E-state index contributed by atoms with van der Waals surface area (Å²) in [5.41, 5.74) is 1.32. The molecule has 1 aromatic rings. The zero-order chi connectivity index (χ0) is 20.5. The molecular weight excluding hydrogens is 367 g/mol. The molecule has 1 heterocycles. The number of carboxylic acids is 1. The van der Waals surface area contributed by atoms with E-state index >= 15 is 0 Å². The van der Waals surface area contributed by atoms with E-state index in [4.69, 9.17) is 5.11 Å². The highest BCUT2D eigenvalue weighted by atomic mass is 19.4. The number of likely N-dealkylation sites (tertiary alicyclic amines) is 1. The quantitative estimate of drug-likeness (QED) is 0.834. The standard InChI is InChI=1S/C17H20F3N3O4/c1-9-6-10(4-5-11(9)14(24)22(2)3)21-16(27)23-7-12(15(25)26)13(8-23)17(18,19)20/h4-6,12-13H,7-8H2,1-3H3,(H,21,27)(H,25,26)/t12-,13-/m1/s1. The number of hydrogen-bond acceptors (Lipinski definition) is 3. The first-order chi connectivity index (χ1) is 12.4. The van der Waals surface area contributed by atoms with Crippen molar-refractivity contribution in [2.24, 2.45) is 11.8 Å². The van der Waals surface area contributed by atoms with Gasteiger partial charge in [0.15, 0.2) is 0 Å². The average Bonchev–Trinajstić information content (AvgIpc) is 3.00. The molecule has 1 aliphatic rings. The lowest BCUT2D eigenvalue weighted by molar-refractivity contribution is -0.187. The smallest absolute Gasteiger partial charge is 0.394 e. The number of urea groups is 1. The Kier molecular flexibility index (Phi) is 5.67. The summed E-state index contributed by atoms with van der Waals surface area (Å²) in [5, 5.41) is 11.5. The lowest BCUT2D eigenvalue weighted by atomic mass is 9.96. The molecule has 0 aliphatic carbocycles. The van der Waals surface area contributed by atoms with Crippen molar-refractivity contribution in [1.29, 1.82) is 0 Å². The molecule has 0 spiro atoms. The van der Waals surface area contributed by atoms with Crippen LogP contribution in [0.15, 0.2) is 18.2 Å². The molecule has 2 N–H and O–H groups in total. The molecule has 1 aromatic carbocycles. The molecule has 0 unspecified atom stereocenters. The zero-order valence-electron chi connectivity index (χ0n) is 15.0. The molecule has 1 aliphatic heterocycles. The van der Waals surface area contributed by atoms with Gasteiger partial charge in [-0.1, -0.05) is 0 Å². The molecule has 148 valence electrons. The minimum Gasteiger partial charge on any atom is -0.481 e. The van der Waals surface area contributed by atoms with E-state index in [0.29, 0.717) is 16.8 Å². The Morgan fingerprint density at radius 2 is 1.85 bits per heavy atom. The van der Waals surface area contributed by atoms with E-state index in [0.717, 1.165) is 4.90 Å². The number of amides is 3. The SMILES string of the molecule is Cc1cc(NC(=O)N2C[C@@H](C(F)(F)F)[C@H](C(=O)O)C2)ccc1C(=O)N(C)C. The Morgan fingerprint density at radius 3 is 2.30 bits per heavy atom. The van der Waals surface area contributed by atoms with Gasteiger partial charge in [0.05, 0.1) is 11.8 Å². The number of carbonyl (C=O) groups excluding carboxylic acids is 2. The first kappa shape index (κ1) is 20.5. The van der Waals surface area contributed by atoms with Gasteiger partial charge < -0.3 is 20.2 Å². The van der Waals surface area contributed by atoms with Crippen molar-refractivity contribution >= 4 is 23.6 Å². The van der Waals surface area contributed by atoms with Crippen molar-refractivity contribution in [2.45, 2.75) is 13.1 Å². The number of alkyl halides is 3. The summed E-state index contributed by atoms with van der Waals surface area (Å²) in [4.78, 5) is 37.6. The summed E-state index contributed by atoms with van der Waals surface area (Å²) in [5.74, 6) is -5.61. The lowest BCUT2D eigenvalue weighted by Crippen LogP contribution is -2.35. The predicted octanol–water partition coefficient (Wildman–Crippen LogP) is 2.42. The summed E-state index contributed by atoms with van der Waals surface area (Å²) in [7, 11) is 3.20. The maximum absolute atomic E-state index is 13.0. The number of hydrogen-bond donors (Lipinski definition) is 2. The molecule has 1 saturated heterocycles. The maximum atomic E-state index is 13.0. The summed E-state index contributed by atoms with van der Waals surface area (Å²) >= 11 is 0. The number of rotatable bonds is 3. The highest BCUT2D eigenvalue weighted by Gasteiger charge is 2.53. The average molecular weight is 387 g/mol. The second-order valence-corrected chi connectivity index (χ2v) is 6.66. The molecule has 1 fully saturated rings. The zero-order valence-corrected chi connectivity index (χ0v) is 15.0. The van der Waals surface area contributed by atoms with Gasteiger partial charge in [0.25, 0.3) is 5.91 Å². The summed E-state index contributed by atoms with van der Waals surface area (Å²) in [6.45, 7) is 0.423. The number of carbonyl (C=O) groups is 3. The van der Waals surface area contributed by atoms with Gasteiger partial charge >= 0.3 is 18.2 Å². The number of aliphatic carboxylic acids is 1. The Labute approximate surface area is 153 Å². The van der Waals surface area contributed by atoms with Crippen molar-refractivity contribution in [3.05, 3.63) is 29.3 Å². The van der Waals surface area contributed by atoms with Gasteiger partial charge in [0, 0.05) is 38.4 Å². The molecule has 2 rings (SSSR count). The molecule has 0 bridgehead atoms. The van der Waals surface area contributed by atoms with Crippen LogP contribution in [0.4, 0.5) is 23.7 Å².